The summed E-state index contributed by atoms with van der Waals surface area (Å²) in [6.07, 6.45) is 14.2. The third-order valence-electron chi connectivity index (χ3n) is 7.48. The second-order valence-corrected chi connectivity index (χ2v) is 13.1. The molecule has 2 aromatic rings. The van der Waals surface area contributed by atoms with E-state index < -0.39 is 0 Å². The van der Waals surface area contributed by atoms with Crippen LogP contribution in [-0.4, -0.2) is 6.61 Å². The van der Waals surface area contributed by atoms with Gasteiger partial charge in [0.2, 0.25) is 0 Å². The number of hydrogen-bond donors (Lipinski definition) is 1. The molecule has 1 atom stereocenters. The summed E-state index contributed by atoms with van der Waals surface area (Å²) in [6.45, 7) is 43.8. The van der Waals surface area contributed by atoms with Crippen LogP contribution in [0.2, 0.25) is 0 Å². The Morgan fingerprint density at radius 2 is 1.32 bits per heavy atom. The van der Waals surface area contributed by atoms with E-state index in [4.69, 9.17) is 10.5 Å². The Balaban J connectivity index is -0.000000342. The van der Waals surface area contributed by atoms with Crippen molar-refractivity contribution < 1.29 is 4.74 Å². The molecule has 2 nitrogen and oxygen atoms in total. The quantitative estimate of drug-likeness (QED) is 0.0927. The first-order chi connectivity index (χ1) is 23.7. The summed E-state index contributed by atoms with van der Waals surface area (Å²) in [5.74, 6) is 2.29. The highest BCUT2D eigenvalue weighted by atomic mass is 16.5. The molecule has 0 radical (unpaired) electrons. The molecule has 286 valence electrons. The van der Waals surface area contributed by atoms with E-state index >= 15 is 0 Å². The van der Waals surface area contributed by atoms with Gasteiger partial charge in [0, 0.05) is 6.42 Å². The fourth-order valence-corrected chi connectivity index (χ4v) is 4.39. The molecule has 50 heavy (non-hydrogen) atoms. The van der Waals surface area contributed by atoms with Gasteiger partial charge in [-0.3, -0.25) is 0 Å². The molecule has 0 aliphatic carbocycles. The van der Waals surface area contributed by atoms with E-state index in [9.17, 15) is 0 Å². The lowest BCUT2D eigenvalue weighted by atomic mass is 9.94. The molecule has 0 saturated carbocycles. The molecule has 0 aromatic heterocycles. The topological polar surface area (TPSA) is 35.2 Å². The minimum absolute atomic E-state index is 0.0313. The lowest BCUT2D eigenvalue weighted by Crippen LogP contribution is -2.13. The SMILES string of the molecule is C=C(C)C.C=C/C(=C\C=C\CCCCC(C)C)OCC/C(C)=C(\C)C(C)C.CC.CC.CC.Cc1ccc(C(N)c2ccc(C)cc2C)cc1. The number of allylic oxidation sites excluding steroid dienone is 6. The first-order valence-corrected chi connectivity index (χ1v) is 19.5. The smallest absolute Gasteiger partial charge is 0.118 e. The molecule has 2 rings (SSSR count). The predicted molar refractivity (Wildman–Crippen MR) is 232 cm³/mol. The highest BCUT2D eigenvalue weighted by Crippen LogP contribution is 2.23. The summed E-state index contributed by atoms with van der Waals surface area (Å²) in [6, 6.07) is 14.8. The van der Waals surface area contributed by atoms with Crippen LogP contribution in [0.4, 0.5) is 0 Å². The maximum Gasteiger partial charge on any atom is 0.118 e. The molecule has 2 aromatic carbocycles. The number of benzene rings is 2. The van der Waals surface area contributed by atoms with E-state index in [0.29, 0.717) is 5.92 Å². The molecule has 1 unspecified atom stereocenters. The zero-order valence-electron chi connectivity index (χ0n) is 36.2. The number of aryl methyl sites for hydroxylation is 3. The maximum atomic E-state index is 6.32. The second-order valence-electron chi connectivity index (χ2n) is 13.1. The Kier molecular flexibility index (Phi) is 38.4. The molecule has 0 fully saturated rings. The van der Waals surface area contributed by atoms with Crippen LogP contribution in [0.1, 0.15) is 163 Å². The van der Waals surface area contributed by atoms with E-state index in [1.165, 1.54) is 63.8 Å². The highest BCUT2D eigenvalue weighted by Gasteiger charge is 2.11. The molecule has 0 heterocycles. The Labute approximate surface area is 314 Å². The van der Waals surface area contributed by atoms with E-state index in [1.807, 2.05) is 61.5 Å². The molecular weight excluding hydrogens is 607 g/mol. The first kappa shape index (κ1) is 53.7. The highest BCUT2D eigenvalue weighted by molar-refractivity contribution is 5.39. The van der Waals surface area contributed by atoms with Crippen molar-refractivity contribution in [3.63, 3.8) is 0 Å². The fourth-order valence-electron chi connectivity index (χ4n) is 4.39. The van der Waals surface area contributed by atoms with Crippen LogP contribution in [0, 0.1) is 32.6 Å². The Morgan fingerprint density at radius 1 is 0.800 bits per heavy atom. The summed E-state index contributed by atoms with van der Waals surface area (Å²) < 4.78 is 5.81. The number of unbranched alkanes of at least 4 members (excludes halogenated alkanes) is 2. The van der Waals surface area contributed by atoms with Crippen LogP contribution in [0.25, 0.3) is 0 Å². The normalized spacial score (nSPS) is 11.5. The third kappa shape index (κ3) is 29.8. The van der Waals surface area contributed by atoms with Gasteiger partial charge in [-0.05, 0) is 102 Å². The van der Waals surface area contributed by atoms with Crippen molar-refractivity contribution in [2.45, 2.75) is 156 Å². The number of nitrogens with two attached hydrogens (primary N) is 1. The van der Waals surface area contributed by atoms with Gasteiger partial charge >= 0.3 is 0 Å². The lowest BCUT2D eigenvalue weighted by Gasteiger charge is -2.16. The van der Waals surface area contributed by atoms with Crippen molar-refractivity contribution in [1.82, 2.24) is 0 Å². The minimum Gasteiger partial charge on any atom is -0.493 e. The average Bonchev–Trinajstić information content (AvgIpc) is 3.09. The Morgan fingerprint density at radius 3 is 1.78 bits per heavy atom. The molecule has 0 saturated heterocycles. The third-order valence-corrected chi connectivity index (χ3v) is 7.48. The first-order valence-electron chi connectivity index (χ1n) is 19.5. The van der Waals surface area contributed by atoms with Crippen molar-refractivity contribution in [1.29, 1.82) is 0 Å². The van der Waals surface area contributed by atoms with Crippen molar-refractivity contribution in [2.75, 3.05) is 6.61 Å². The monoisotopic (exact) mass is 690 g/mol. The summed E-state index contributed by atoms with van der Waals surface area (Å²) >= 11 is 0. The van der Waals surface area contributed by atoms with Crippen molar-refractivity contribution in [2.24, 2.45) is 17.6 Å². The van der Waals surface area contributed by atoms with Gasteiger partial charge in [0.05, 0.1) is 12.6 Å². The Bertz CT molecular complexity index is 1190. The van der Waals surface area contributed by atoms with Gasteiger partial charge < -0.3 is 10.5 Å². The number of hydrogen-bond acceptors (Lipinski definition) is 2. The van der Waals surface area contributed by atoms with Crippen LogP contribution in [-0.2, 0) is 4.74 Å². The van der Waals surface area contributed by atoms with Crippen LogP contribution >= 0.6 is 0 Å². The minimum atomic E-state index is -0.0313. The molecule has 0 aliphatic heterocycles. The van der Waals surface area contributed by atoms with Crippen LogP contribution < -0.4 is 5.73 Å². The van der Waals surface area contributed by atoms with Gasteiger partial charge in [-0.2, -0.15) is 0 Å². The molecule has 0 bridgehead atoms. The molecule has 0 amide bonds. The summed E-state index contributed by atoms with van der Waals surface area (Å²) in [5.41, 5.74) is 16.6. The van der Waals surface area contributed by atoms with E-state index in [0.717, 1.165) is 31.1 Å². The zero-order valence-corrected chi connectivity index (χ0v) is 36.2. The standard InChI is InChI=1S/C22H38O.C16H19N.C4H8.3C2H6/c1-8-22(15-13-11-9-10-12-14-18(2)3)23-17-16-20(6)21(7)19(4)5;1-11-4-7-14(8-5-11)16(17)15-9-6-12(2)10-13(15)3;1-4(2)3;3*1-2/h8,11,13,15,18-19H,1,9-10,12,14,16-17H2,2-7H3;4-10,16H,17H2,1-3H3;1H2,2-3H3;3*1-2H3/b13-11+,21-20+,22-15+;;;;;. The number of rotatable bonds is 14. The van der Waals surface area contributed by atoms with Crippen molar-refractivity contribution in [3.8, 4) is 0 Å². The summed E-state index contributed by atoms with van der Waals surface area (Å²) in [5, 5.41) is 0. The maximum absolute atomic E-state index is 6.32. The van der Waals surface area contributed by atoms with Gasteiger partial charge in [-0.15, -0.1) is 6.58 Å². The lowest BCUT2D eigenvalue weighted by molar-refractivity contribution is 0.228. The van der Waals surface area contributed by atoms with Crippen molar-refractivity contribution >= 4 is 0 Å². The van der Waals surface area contributed by atoms with Gasteiger partial charge in [0.1, 0.15) is 5.76 Å². The van der Waals surface area contributed by atoms with Gasteiger partial charge in [-0.1, -0.05) is 171 Å². The second kappa shape index (κ2) is 35.7. The van der Waals surface area contributed by atoms with Crippen LogP contribution in [0.3, 0.4) is 0 Å². The van der Waals surface area contributed by atoms with Crippen molar-refractivity contribution in [3.05, 3.63) is 130 Å². The van der Waals surface area contributed by atoms with E-state index in [-0.39, 0.29) is 6.04 Å². The van der Waals surface area contributed by atoms with Crippen LogP contribution in [0.5, 0.6) is 0 Å². The van der Waals surface area contributed by atoms with E-state index in [2.05, 4.69) is 130 Å². The molecule has 2 N–H and O–H groups in total. The zero-order chi connectivity index (χ0) is 39.7. The average molecular weight is 690 g/mol. The van der Waals surface area contributed by atoms with Gasteiger partial charge in [0.25, 0.3) is 0 Å². The summed E-state index contributed by atoms with van der Waals surface area (Å²) in [4.78, 5) is 0. The predicted octanol–water partition coefficient (Wildman–Crippen LogP) is 15.5. The Hall–Kier alpha value is -3.10. The summed E-state index contributed by atoms with van der Waals surface area (Å²) in [7, 11) is 0. The fraction of sp³-hybridized carbons (Fsp3) is 0.542. The van der Waals surface area contributed by atoms with Gasteiger partial charge in [-0.25, -0.2) is 0 Å². The molecule has 0 aliphatic rings. The molecule has 0 spiro atoms. The van der Waals surface area contributed by atoms with Gasteiger partial charge in [0.15, 0.2) is 0 Å². The molecular formula is C48H83NO. The van der Waals surface area contributed by atoms with E-state index in [1.54, 1.807) is 6.08 Å². The number of ether oxygens (including phenoxy) is 1. The largest absolute Gasteiger partial charge is 0.493 e. The molecule has 2 heteroatoms. The van der Waals surface area contributed by atoms with Crippen LogP contribution in [0.15, 0.2) is 102 Å².